The molecule has 2 heterocycles. The van der Waals surface area contributed by atoms with Gasteiger partial charge >= 0.3 is 11.8 Å². The van der Waals surface area contributed by atoms with Crippen LogP contribution in [-0.4, -0.2) is 37.8 Å². The fraction of sp³-hybridized carbons (Fsp3) is 0.435. The van der Waals surface area contributed by atoms with Crippen LogP contribution in [0.5, 0.6) is 0 Å². The molecule has 0 aliphatic carbocycles. The van der Waals surface area contributed by atoms with E-state index in [0.717, 1.165) is 19.3 Å². The molecule has 3 rings (SSSR count). The van der Waals surface area contributed by atoms with E-state index in [-0.39, 0.29) is 22.9 Å². The number of unbranched alkanes of at least 4 members (excludes halogenated alkanes) is 3. The van der Waals surface area contributed by atoms with E-state index in [0.29, 0.717) is 30.5 Å². The summed E-state index contributed by atoms with van der Waals surface area (Å²) in [5, 5.41) is 2.72. The summed E-state index contributed by atoms with van der Waals surface area (Å²) in [6.45, 7) is 21.0. The Hall–Kier alpha value is -4.25. The number of benzene rings is 1. The minimum absolute atomic E-state index is 0.000142. The molecule has 11 heteroatoms. The van der Waals surface area contributed by atoms with Crippen LogP contribution in [0.3, 0.4) is 0 Å². The lowest BCUT2D eigenvalue weighted by Gasteiger charge is -2.19. The van der Waals surface area contributed by atoms with Gasteiger partial charge < -0.3 is 14.6 Å². The van der Waals surface area contributed by atoms with Crippen molar-refractivity contribution >= 4 is 28.5 Å². The number of nitrogens with one attached hydrogen (secondary N) is 2. The highest BCUT2D eigenvalue weighted by Gasteiger charge is 2.20. The van der Waals surface area contributed by atoms with E-state index in [2.05, 4.69) is 30.0 Å². The molecule has 1 amide bonds. The van der Waals surface area contributed by atoms with Crippen LogP contribution in [0.1, 0.15) is 46.5 Å². The van der Waals surface area contributed by atoms with Crippen molar-refractivity contribution < 1.29 is 9.53 Å². The Kier molecular flexibility index (Phi) is 7.27. The zero-order valence-corrected chi connectivity index (χ0v) is 19.3. The number of fused-ring (bicyclic) bond motifs is 2. The van der Waals surface area contributed by atoms with Gasteiger partial charge in [-0.2, -0.15) is 4.98 Å². The third kappa shape index (κ3) is 5.75. The normalized spacial score (nSPS) is 11.2. The van der Waals surface area contributed by atoms with Crippen LogP contribution in [0.2, 0.25) is 0 Å². The Morgan fingerprint density at radius 2 is 1.76 bits per heavy atom. The summed E-state index contributed by atoms with van der Waals surface area (Å²) in [7, 11) is 0. The number of carbonyl (C=O) groups excluding carboxylic acids is 1. The quantitative estimate of drug-likeness (QED) is 0.312. The second-order valence-corrected chi connectivity index (χ2v) is 8.70. The van der Waals surface area contributed by atoms with Crippen LogP contribution < -0.4 is 16.6 Å². The van der Waals surface area contributed by atoms with Crippen LogP contribution in [-0.2, 0) is 11.3 Å². The average molecular weight is 463 g/mol. The maximum Gasteiger partial charge on any atom is 0.407 e. The van der Waals surface area contributed by atoms with Gasteiger partial charge in [-0.3, -0.25) is 19.5 Å². The summed E-state index contributed by atoms with van der Waals surface area (Å²) in [5.41, 5.74) is -0.768. The predicted octanol–water partition coefficient (Wildman–Crippen LogP) is 3.77. The van der Waals surface area contributed by atoms with Crippen LogP contribution in [0, 0.1) is 13.1 Å². The standard InChI is InChI=1S/C23H25N7O4/c1-23(2,3)34-22(33)26-10-8-6-7-9-11-30-17-13-15(25-5)14(24-4)12-16(17)27-18-19(30)28-21(32)29-20(18)31/h12-13H,6-11H2,1-3H3,(H,26,33)(H,29,31,32). The maximum absolute atomic E-state index is 12.3. The first-order chi connectivity index (χ1) is 16.1. The molecule has 2 aliphatic rings. The van der Waals surface area contributed by atoms with Crippen LogP contribution >= 0.6 is 0 Å². The molecular weight excluding hydrogens is 438 g/mol. The van der Waals surface area contributed by atoms with E-state index in [9.17, 15) is 14.4 Å². The molecule has 2 N–H and O–H groups in total. The SMILES string of the molecule is [C-]#[N+]c1cc2nc3c(=O)[nH]c(=O)nc-3n(CCCCCCNC(=O)OC(C)(C)C)c2cc1[N+]#[C-]. The highest BCUT2D eigenvalue weighted by Crippen LogP contribution is 2.34. The molecule has 1 aromatic rings. The number of ether oxygens (including phenoxy) is 1. The highest BCUT2D eigenvalue weighted by molar-refractivity contribution is 5.90. The number of hydrogen-bond donors (Lipinski definition) is 2. The van der Waals surface area contributed by atoms with E-state index < -0.39 is 22.9 Å². The van der Waals surface area contributed by atoms with Crippen molar-refractivity contribution in [3.05, 3.63) is 55.8 Å². The van der Waals surface area contributed by atoms with E-state index in [4.69, 9.17) is 17.9 Å². The first-order valence-electron chi connectivity index (χ1n) is 10.8. The van der Waals surface area contributed by atoms with Crippen molar-refractivity contribution in [2.45, 2.75) is 58.6 Å². The summed E-state index contributed by atoms with van der Waals surface area (Å²) in [6, 6.07) is 3.01. The summed E-state index contributed by atoms with van der Waals surface area (Å²) >= 11 is 0. The van der Waals surface area contributed by atoms with Crippen molar-refractivity contribution in [1.82, 2.24) is 24.8 Å². The van der Waals surface area contributed by atoms with Crippen molar-refractivity contribution in [3.8, 4) is 11.5 Å². The molecule has 11 nitrogen and oxygen atoms in total. The van der Waals surface area contributed by atoms with Gasteiger partial charge in [0.25, 0.3) is 5.56 Å². The Bertz CT molecular complexity index is 1390. The maximum atomic E-state index is 12.3. The van der Waals surface area contributed by atoms with E-state index in [1.54, 1.807) is 31.4 Å². The molecule has 0 radical (unpaired) electrons. The molecule has 0 fully saturated rings. The number of H-pyrrole nitrogens is 1. The van der Waals surface area contributed by atoms with Gasteiger partial charge in [-0.05, 0) is 45.7 Å². The molecule has 0 saturated heterocycles. The number of alkyl carbamates (subject to hydrolysis) is 1. The zero-order chi connectivity index (χ0) is 24.9. The number of aryl methyl sites for hydroxylation is 1. The first-order valence-corrected chi connectivity index (χ1v) is 10.8. The fourth-order valence-electron chi connectivity index (χ4n) is 3.48. The van der Waals surface area contributed by atoms with Crippen molar-refractivity contribution in [3.63, 3.8) is 0 Å². The van der Waals surface area contributed by atoms with Crippen molar-refractivity contribution in [2.75, 3.05) is 6.54 Å². The Balaban J connectivity index is 1.76. The second-order valence-electron chi connectivity index (χ2n) is 8.70. The zero-order valence-electron chi connectivity index (χ0n) is 19.3. The van der Waals surface area contributed by atoms with Gasteiger partial charge in [-0.25, -0.2) is 14.6 Å². The van der Waals surface area contributed by atoms with Crippen molar-refractivity contribution in [2.24, 2.45) is 0 Å². The Labute approximate surface area is 195 Å². The van der Waals surface area contributed by atoms with Gasteiger partial charge in [0, 0.05) is 13.1 Å². The van der Waals surface area contributed by atoms with Gasteiger partial charge in [-0.1, -0.05) is 12.8 Å². The lowest BCUT2D eigenvalue weighted by Crippen LogP contribution is -2.32. The Morgan fingerprint density at radius 1 is 1.09 bits per heavy atom. The smallest absolute Gasteiger partial charge is 0.407 e. The number of aromatic nitrogens is 4. The van der Waals surface area contributed by atoms with E-state index in [1.807, 2.05) is 0 Å². The van der Waals surface area contributed by atoms with Gasteiger partial charge in [0.1, 0.15) is 5.60 Å². The first kappa shape index (κ1) is 24.4. The average Bonchev–Trinajstić information content (AvgIpc) is 2.76. The van der Waals surface area contributed by atoms with Crippen molar-refractivity contribution in [1.29, 1.82) is 0 Å². The largest absolute Gasteiger partial charge is 0.444 e. The molecule has 0 atom stereocenters. The number of carbonyl (C=O) groups is 1. The van der Waals surface area contributed by atoms with Gasteiger partial charge in [0.15, 0.2) is 22.9 Å². The summed E-state index contributed by atoms with van der Waals surface area (Å²) in [5.74, 6) is 0.138. The molecule has 34 heavy (non-hydrogen) atoms. The molecule has 1 aromatic carbocycles. The summed E-state index contributed by atoms with van der Waals surface area (Å²) in [6.07, 6.45) is 2.68. The van der Waals surface area contributed by atoms with E-state index >= 15 is 0 Å². The summed E-state index contributed by atoms with van der Waals surface area (Å²) < 4.78 is 6.90. The number of hydrogen-bond acceptors (Lipinski definition) is 6. The molecule has 176 valence electrons. The number of nitrogens with zero attached hydrogens (tertiary/aromatic N) is 5. The Morgan fingerprint density at radius 3 is 2.44 bits per heavy atom. The fourth-order valence-corrected chi connectivity index (χ4v) is 3.48. The number of rotatable bonds is 7. The topological polar surface area (TPSA) is 128 Å². The molecule has 0 unspecified atom stereocenters. The molecule has 2 aliphatic heterocycles. The van der Waals surface area contributed by atoms with Gasteiger partial charge in [-0.15, -0.1) is 0 Å². The lowest BCUT2D eigenvalue weighted by atomic mass is 10.1. The van der Waals surface area contributed by atoms with Gasteiger partial charge in [0.2, 0.25) is 0 Å². The minimum Gasteiger partial charge on any atom is -0.444 e. The van der Waals surface area contributed by atoms with E-state index in [1.165, 1.54) is 6.07 Å². The van der Waals surface area contributed by atoms with Crippen LogP contribution in [0.4, 0.5) is 16.2 Å². The molecule has 0 bridgehead atoms. The number of aromatic amines is 1. The second kappa shape index (κ2) is 10.1. The van der Waals surface area contributed by atoms with Gasteiger partial charge in [0.05, 0.1) is 24.2 Å². The molecule has 0 aromatic heterocycles. The minimum atomic E-state index is -0.774. The molecular formula is C23H25N7O4. The van der Waals surface area contributed by atoms with Crippen LogP contribution in [0.25, 0.3) is 32.2 Å². The highest BCUT2D eigenvalue weighted by atomic mass is 16.6. The number of amides is 1. The molecule has 0 spiro atoms. The summed E-state index contributed by atoms with van der Waals surface area (Å²) in [4.78, 5) is 53.1. The lowest BCUT2D eigenvalue weighted by molar-refractivity contribution is 0.0527. The monoisotopic (exact) mass is 463 g/mol. The predicted molar refractivity (Wildman–Crippen MR) is 126 cm³/mol. The molecule has 0 saturated carbocycles. The third-order valence-corrected chi connectivity index (χ3v) is 4.92. The van der Waals surface area contributed by atoms with Crippen LogP contribution in [0.15, 0.2) is 21.7 Å². The third-order valence-electron chi connectivity index (χ3n) is 4.92.